The summed E-state index contributed by atoms with van der Waals surface area (Å²) >= 11 is 0. The van der Waals surface area contributed by atoms with Gasteiger partial charge < -0.3 is 0 Å². The third kappa shape index (κ3) is 4.33. The first kappa shape index (κ1) is 21.5. The first-order valence-electron chi connectivity index (χ1n) is 10.7. The van der Waals surface area contributed by atoms with Crippen LogP contribution in [0.2, 0.25) is 0 Å². The number of hydrogen-bond acceptors (Lipinski definition) is 3. The Hall–Kier alpha value is -3.73. The molecule has 0 bridgehead atoms. The number of amides is 4. The quantitative estimate of drug-likeness (QED) is 0.542. The molecule has 0 radical (unpaired) electrons. The van der Waals surface area contributed by atoms with E-state index >= 15 is 0 Å². The minimum atomic E-state index is -0.956. The Labute approximate surface area is 188 Å². The van der Waals surface area contributed by atoms with Crippen LogP contribution in [-0.2, 0) is 22.6 Å². The highest BCUT2D eigenvalue weighted by Crippen LogP contribution is 2.28. The van der Waals surface area contributed by atoms with Crippen LogP contribution in [0.5, 0.6) is 0 Å². The Morgan fingerprint density at radius 1 is 0.625 bits per heavy atom. The zero-order valence-electron chi connectivity index (χ0n) is 18.5. The summed E-state index contributed by atoms with van der Waals surface area (Å²) in [6.45, 7) is 6.03. The molecule has 3 aromatic carbocycles. The summed E-state index contributed by atoms with van der Waals surface area (Å²) in [6, 6.07) is 22.0. The number of aryl methyl sites for hydroxylation is 3. The highest BCUT2D eigenvalue weighted by Gasteiger charge is 2.46. The van der Waals surface area contributed by atoms with Gasteiger partial charge in [-0.15, -0.1) is 0 Å². The first-order valence-corrected chi connectivity index (χ1v) is 10.7. The number of benzene rings is 3. The molecule has 1 fully saturated rings. The topological polar surface area (TPSA) is 57.7 Å². The third-order valence-corrected chi connectivity index (χ3v) is 5.82. The Morgan fingerprint density at radius 3 is 1.62 bits per heavy atom. The van der Waals surface area contributed by atoms with Crippen LogP contribution >= 0.6 is 0 Å². The summed E-state index contributed by atoms with van der Waals surface area (Å²) in [5.74, 6) is -1.89. The highest BCUT2D eigenvalue weighted by atomic mass is 16.2. The zero-order chi connectivity index (χ0) is 22.8. The van der Waals surface area contributed by atoms with E-state index in [1.807, 2.05) is 81.4 Å². The lowest BCUT2D eigenvalue weighted by Crippen LogP contribution is -2.60. The number of anilines is 1. The van der Waals surface area contributed by atoms with E-state index in [2.05, 4.69) is 0 Å². The van der Waals surface area contributed by atoms with Gasteiger partial charge in [0.25, 0.3) is 0 Å². The maximum Gasteiger partial charge on any atom is 0.338 e. The molecule has 5 heteroatoms. The average molecular weight is 427 g/mol. The number of urea groups is 1. The summed E-state index contributed by atoms with van der Waals surface area (Å²) in [5, 5.41) is 0. The second-order valence-electron chi connectivity index (χ2n) is 8.44. The molecule has 3 aromatic rings. The second-order valence-corrected chi connectivity index (χ2v) is 8.44. The van der Waals surface area contributed by atoms with Crippen LogP contribution in [0.25, 0.3) is 0 Å². The summed E-state index contributed by atoms with van der Waals surface area (Å²) in [7, 11) is 0. The van der Waals surface area contributed by atoms with E-state index in [9.17, 15) is 14.4 Å². The number of hydrogen-bond donors (Lipinski definition) is 0. The maximum atomic E-state index is 13.4. The fourth-order valence-electron chi connectivity index (χ4n) is 3.85. The van der Waals surface area contributed by atoms with Crippen LogP contribution in [0.4, 0.5) is 10.5 Å². The Balaban J connectivity index is 1.71. The summed E-state index contributed by atoms with van der Waals surface area (Å²) in [5.41, 5.74) is 5.42. The van der Waals surface area contributed by atoms with Crippen molar-refractivity contribution in [1.82, 2.24) is 4.90 Å². The van der Waals surface area contributed by atoms with Crippen molar-refractivity contribution < 1.29 is 14.4 Å². The lowest BCUT2D eigenvalue weighted by molar-refractivity contribution is -0.141. The van der Waals surface area contributed by atoms with Crippen molar-refractivity contribution in [2.75, 3.05) is 4.90 Å². The van der Waals surface area contributed by atoms with E-state index in [4.69, 9.17) is 0 Å². The van der Waals surface area contributed by atoms with Crippen molar-refractivity contribution >= 4 is 23.5 Å². The summed E-state index contributed by atoms with van der Waals surface area (Å²) in [6.07, 6.45) is 0.248. The Morgan fingerprint density at radius 2 is 1.09 bits per heavy atom. The molecule has 4 rings (SSSR count). The van der Waals surface area contributed by atoms with Gasteiger partial charge in [0.1, 0.15) is 5.92 Å². The average Bonchev–Trinajstić information content (AvgIpc) is 2.78. The molecule has 5 nitrogen and oxygen atoms in total. The Kier molecular flexibility index (Phi) is 5.91. The van der Waals surface area contributed by atoms with E-state index in [-0.39, 0.29) is 13.0 Å². The van der Waals surface area contributed by atoms with E-state index in [1.165, 1.54) is 4.90 Å². The van der Waals surface area contributed by atoms with Gasteiger partial charge in [-0.25, -0.2) is 9.69 Å². The summed E-state index contributed by atoms with van der Waals surface area (Å²) in [4.78, 5) is 42.5. The van der Waals surface area contributed by atoms with E-state index in [0.29, 0.717) is 5.69 Å². The zero-order valence-corrected chi connectivity index (χ0v) is 18.5. The highest BCUT2D eigenvalue weighted by molar-refractivity contribution is 6.27. The molecule has 1 aliphatic heterocycles. The molecule has 0 saturated carbocycles. The molecule has 1 atom stereocenters. The van der Waals surface area contributed by atoms with Gasteiger partial charge >= 0.3 is 6.03 Å². The molecule has 0 aliphatic carbocycles. The molecule has 0 spiro atoms. The Bertz CT molecular complexity index is 1080. The summed E-state index contributed by atoms with van der Waals surface area (Å²) < 4.78 is 0. The van der Waals surface area contributed by atoms with Crippen LogP contribution in [0, 0.1) is 26.7 Å². The fraction of sp³-hybridized carbons (Fsp3) is 0.222. The van der Waals surface area contributed by atoms with Gasteiger partial charge in [-0.1, -0.05) is 77.4 Å². The molecule has 4 amide bonds. The molecule has 0 aromatic heterocycles. The number of rotatable bonds is 5. The number of imide groups is 2. The molecular weight excluding hydrogens is 400 g/mol. The molecule has 162 valence electrons. The first-order chi connectivity index (χ1) is 15.3. The molecule has 1 unspecified atom stereocenters. The fourth-order valence-corrected chi connectivity index (χ4v) is 3.85. The number of nitrogens with zero attached hydrogens (tertiary/aromatic N) is 2. The smallest absolute Gasteiger partial charge is 0.273 e. The normalized spacial score (nSPS) is 16.6. The lowest BCUT2D eigenvalue weighted by Gasteiger charge is -2.37. The van der Waals surface area contributed by atoms with Gasteiger partial charge in [0, 0.05) is 0 Å². The van der Waals surface area contributed by atoms with Crippen LogP contribution in [0.15, 0.2) is 72.8 Å². The van der Waals surface area contributed by atoms with Crippen LogP contribution < -0.4 is 4.90 Å². The van der Waals surface area contributed by atoms with Crippen LogP contribution in [0.1, 0.15) is 27.8 Å². The van der Waals surface area contributed by atoms with E-state index in [1.54, 1.807) is 12.1 Å². The minimum Gasteiger partial charge on any atom is -0.273 e. The van der Waals surface area contributed by atoms with E-state index < -0.39 is 23.8 Å². The monoisotopic (exact) mass is 426 g/mol. The minimum absolute atomic E-state index is 0.123. The largest absolute Gasteiger partial charge is 0.338 e. The molecule has 32 heavy (non-hydrogen) atoms. The van der Waals surface area contributed by atoms with Crippen LogP contribution in [-0.4, -0.2) is 22.7 Å². The van der Waals surface area contributed by atoms with Crippen molar-refractivity contribution in [2.45, 2.75) is 33.7 Å². The van der Waals surface area contributed by atoms with Crippen LogP contribution in [0.3, 0.4) is 0 Å². The van der Waals surface area contributed by atoms with Gasteiger partial charge in [0.05, 0.1) is 12.2 Å². The SMILES string of the molecule is Cc1ccc(CC2C(=O)N(Cc3ccc(C)cc3)C(=O)N(c3ccc(C)cc3)C2=O)cc1. The molecule has 1 aliphatic rings. The molecule has 0 N–H and O–H groups in total. The predicted octanol–water partition coefficient (Wildman–Crippen LogP) is 4.97. The molecular formula is C27H26N2O3. The van der Waals surface area contributed by atoms with Crippen molar-refractivity contribution in [3.63, 3.8) is 0 Å². The van der Waals surface area contributed by atoms with Gasteiger partial charge in [-0.3, -0.25) is 14.5 Å². The van der Waals surface area contributed by atoms with Crippen molar-refractivity contribution in [3.8, 4) is 0 Å². The van der Waals surface area contributed by atoms with Gasteiger partial charge in [0.2, 0.25) is 11.8 Å². The van der Waals surface area contributed by atoms with Gasteiger partial charge in [-0.2, -0.15) is 0 Å². The number of carbonyl (C=O) groups excluding carboxylic acids is 3. The number of carbonyl (C=O) groups is 3. The van der Waals surface area contributed by atoms with Crippen molar-refractivity contribution in [3.05, 3.63) is 101 Å². The lowest BCUT2D eigenvalue weighted by atomic mass is 9.93. The third-order valence-electron chi connectivity index (χ3n) is 5.82. The standard InChI is InChI=1S/C27H26N2O3/c1-18-4-10-21(11-5-18)16-24-25(30)28(17-22-12-6-19(2)7-13-22)27(32)29(26(24)31)23-14-8-20(3)9-15-23/h4-15,24H,16-17H2,1-3H3. The predicted molar refractivity (Wildman–Crippen MR) is 124 cm³/mol. The maximum absolute atomic E-state index is 13.4. The second kappa shape index (κ2) is 8.79. The van der Waals surface area contributed by atoms with Crippen molar-refractivity contribution in [1.29, 1.82) is 0 Å². The van der Waals surface area contributed by atoms with Crippen molar-refractivity contribution in [2.24, 2.45) is 5.92 Å². The van der Waals surface area contributed by atoms with E-state index in [0.717, 1.165) is 32.7 Å². The number of barbiturate groups is 1. The molecule has 1 heterocycles. The van der Waals surface area contributed by atoms with Gasteiger partial charge in [0.15, 0.2) is 0 Å². The molecule has 1 saturated heterocycles. The van der Waals surface area contributed by atoms with Gasteiger partial charge in [-0.05, 0) is 50.5 Å².